The maximum atomic E-state index is 10.4. The fourth-order valence-corrected chi connectivity index (χ4v) is 3.34. The van der Waals surface area contributed by atoms with Crippen molar-refractivity contribution >= 4 is 5.69 Å². The highest BCUT2D eigenvalue weighted by molar-refractivity contribution is 5.51. The Labute approximate surface area is 102 Å². The molecular formula is C14H20N2O. The van der Waals surface area contributed by atoms with Crippen LogP contribution in [0.3, 0.4) is 0 Å². The molecule has 3 rings (SSSR count). The normalized spacial score (nSPS) is 33.2. The molecule has 0 bridgehead atoms. The van der Waals surface area contributed by atoms with Crippen molar-refractivity contribution in [1.29, 1.82) is 0 Å². The lowest BCUT2D eigenvalue weighted by atomic mass is 9.85. The molecule has 3 heteroatoms. The Bertz CT molecular complexity index is 373. The van der Waals surface area contributed by atoms with Gasteiger partial charge in [0.2, 0.25) is 0 Å². The lowest BCUT2D eigenvalue weighted by Gasteiger charge is -2.45. The minimum Gasteiger partial charge on any atom is -0.391 e. The van der Waals surface area contributed by atoms with E-state index in [9.17, 15) is 5.11 Å². The average molecular weight is 232 g/mol. The minimum absolute atomic E-state index is 0.0698. The van der Waals surface area contributed by atoms with Crippen LogP contribution < -0.4 is 10.2 Å². The Morgan fingerprint density at radius 2 is 2.12 bits per heavy atom. The fourth-order valence-electron chi connectivity index (χ4n) is 3.34. The molecule has 17 heavy (non-hydrogen) atoms. The van der Waals surface area contributed by atoms with E-state index in [1.165, 1.54) is 5.69 Å². The van der Waals surface area contributed by atoms with E-state index in [4.69, 9.17) is 0 Å². The van der Waals surface area contributed by atoms with Gasteiger partial charge >= 0.3 is 0 Å². The number of nitrogens with zero attached hydrogens (tertiary/aromatic N) is 1. The van der Waals surface area contributed by atoms with Gasteiger partial charge in [-0.15, -0.1) is 0 Å². The highest BCUT2D eigenvalue weighted by Crippen LogP contribution is 2.38. The van der Waals surface area contributed by atoms with Gasteiger partial charge in [0.15, 0.2) is 0 Å². The largest absolute Gasteiger partial charge is 0.391 e. The van der Waals surface area contributed by atoms with Crippen LogP contribution >= 0.6 is 0 Å². The van der Waals surface area contributed by atoms with Gasteiger partial charge in [0.05, 0.1) is 11.6 Å². The molecule has 3 nitrogen and oxygen atoms in total. The summed E-state index contributed by atoms with van der Waals surface area (Å²) in [7, 11) is 0. The van der Waals surface area contributed by atoms with Crippen LogP contribution in [0.4, 0.5) is 5.69 Å². The summed E-state index contributed by atoms with van der Waals surface area (Å²) in [4.78, 5) is 2.41. The number of nitrogens with one attached hydrogen (secondary N) is 1. The molecular weight excluding hydrogens is 212 g/mol. The van der Waals surface area contributed by atoms with Gasteiger partial charge < -0.3 is 15.3 Å². The molecule has 2 aliphatic heterocycles. The standard InChI is InChI=1S/C14H20N2O/c17-13-7-10-16(12-5-2-1-3-6-12)14(13)8-4-9-15-11-14/h1-3,5-6,13,15,17H,4,7-11H2. The summed E-state index contributed by atoms with van der Waals surface area (Å²) in [6.07, 6.45) is 2.93. The number of hydrogen-bond donors (Lipinski definition) is 2. The third-order valence-electron chi connectivity index (χ3n) is 4.25. The second-order valence-electron chi connectivity index (χ2n) is 5.18. The molecule has 2 fully saturated rings. The first-order valence-electron chi connectivity index (χ1n) is 6.54. The Morgan fingerprint density at radius 1 is 1.29 bits per heavy atom. The van der Waals surface area contributed by atoms with Gasteiger partial charge in [-0.25, -0.2) is 0 Å². The van der Waals surface area contributed by atoms with E-state index in [1.807, 2.05) is 6.07 Å². The first-order chi connectivity index (χ1) is 8.33. The van der Waals surface area contributed by atoms with Crippen molar-refractivity contribution in [2.75, 3.05) is 24.5 Å². The van der Waals surface area contributed by atoms with Crippen molar-refractivity contribution in [2.45, 2.75) is 30.9 Å². The zero-order valence-corrected chi connectivity index (χ0v) is 10.1. The van der Waals surface area contributed by atoms with Crippen LogP contribution in [0.1, 0.15) is 19.3 Å². The van der Waals surface area contributed by atoms with E-state index in [0.29, 0.717) is 0 Å². The number of anilines is 1. The number of benzene rings is 1. The summed E-state index contributed by atoms with van der Waals surface area (Å²) < 4.78 is 0. The van der Waals surface area contributed by atoms with Crippen LogP contribution in [0.2, 0.25) is 0 Å². The van der Waals surface area contributed by atoms with Gasteiger partial charge in [0, 0.05) is 18.8 Å². The first-order valence-corrected chi connectivity index (χ1v) is 6.54. The van der Waals surface area contributed by atoms with Crippen LogP contribution in [-0.2, 0) is 0 Å². The van der Waals surface area contributed by atoms with Gasteiger partial charge in [0.1, 0.15) is 0 Å². The number of para-hydroxylation sites is 1. The van der Waals surface area contributed by atoms with E-state index in [-0.39, 0.29) is 11.6 Å². The van der Waals surface area contributed by atoms with Gasteiger partial charge in [-0.1, -0.05) is 18.2 Å². The molecule has 1 aromatic rings. The Kier molecular flexibility index (Phi) is 2.81. The van der Waals surface area contributed by atoms with Crippen LogP contribution in [0, 0.1) is 0 Å². The Balaban J connectivity index is 1.93. The van der Waals surface area contributed by atoms with Gasteiger partial charge in [-0.3, -0.25) is 0 Å². The zero-order chi connectivity index (χ0) is 11.7. The molecule has 1 spiro atoms. The number of rotatable bonds is 1. The molecule has 1 aromatic carbocycles. The van der Waals surface area contributed by atoms with Crippen molar-refractivity contribution in [3.05, 3.63) is 30.3 Å². The van der Waals surface area contributed by atoms with E-state index in [1.54, 1.807) is 0 Å². The third kappa shape index (κ3) is 1.74. The molecule has 0 amide bonds. The quantitative estimate of drug-likeness (QED) is 0.768. The number of aliphatic hydroxyl groups excluding tert-OH is 1. The Morgan fingerprint density at radius 3 is 2.82 bits per heavy atom. The molecule has 2 saturated heterocycles. The summed E-state index contributed by atoms with van der Waals surface area (Å²) in [5, 5.41) is 13.8. The van der Waals surface area contributed by atoms with Crippen molar-refractivity contribution in [3.63, 3.8) is 0 Å². The van der Waals surface area contributed by atoms with Crippen LogP contribution in [0.15, 0.2) is 30.3 Å². The summed E-state index contributed by atoms with van der Waals surface area (Å²) in [5.41, 5.74) is 1.17. The highest BCUT2D eigenvalue weighted by atomic mass is 16.3. The predicted octanol–water partition coefficient (Wildman–Crippen LogP) is 1.38. The second kappa shape index (κ2) is 4.31. The third-order valence-corrected chi connectivity index (χ3v) is 4.25. The smallest absolute Gasteiger partial charge is 0.0801 e. The lowest BCUT2D eigenvalue weighted by Crippen LogP contribution is -2.59. The number of aliphatic hydroxyl groups is 1. The first kappa shape index (κ1) is 11.1. The topological polar surface area (TPSA) is 35.5 Å². The average Bonchev–Trinajstić information content (AvgIpc) is 2.69. The molecule has 2 atom stereocenters. The molecule has 2 heterocycles. The summed E-state index contributed by atoms with van der Waals surface area (Å²) in [5.74, 6) is 0. The van der Waals surface area contributed by atoms with E-state index < -0.39 is 0 Å². The van der Waals surface area contributed by atoms with Crippen LogP contribution in [-0.4, -0.2) is 36.4 Å². The molecule has 0 aliphatic carbocycles. The van der Waals surface area contributed by atoms with E-state index >= 15 is 0 Å². The van der Waals surface area contributed by atoms with Crippen molar-refractivity contribution in [2.24, 2.45) is 0 Å². The monoisotopic (exact) mass is 232 g/mol. The lowest BCUT2D eigenvalue weighted by molar-refractivity contribution is 0.0905. The van der Waals surface area contributed by atoms with Crippen molar-refractivity contribution in [1.82, 2.24) is 5.32 Å². The van der Waals surface area contributed by atoms with Gasteiger partial charge in [-0.2, -0.15) is 0 Å². The molecule has 0 radical (unpaired) electrons. The van der Waals surface area contributed by atoms with Crippen molar-refractivity contribution < 1.29 is 5.11 Å². The van der Waals surface area contributed by atoms with Crippen LogP contribution in [0.5, 0.6) is 0 Å². The SMILES string of the molecule is OC1CCN(c2ccccc2)C12CCCNC2. The molecule has 2 N–H and O–H groups in total. The van der Waals surface area contributed by atoms with E-state index in [2.05, 4.69) is 34.5 Å². The Hall–Kier alpha value is -1.06. The van der Waals surface area contributed by atoms with Gasteiger partial charge in [0.25, 0.3) is 0 Å². The summed E-state index contributed by atoms with van der Waals surface area (Å²) in [6, 6.07) is 10.5. The minimum atomic E-state index is -0.199. The number of hydrogen-bond acceptors (Lipinski definition) is 3. The summed E-state index contributed by atoms with van der Waals surface area (Å²) >= 11 is 0. The van der Waals surface area contributed by atoms with Gasteiger partial charge in [-0.05, 0) is 37.9 Å². The highest BCUT2D eigenvalue weighted by Gasteiger charge is 2.48. The van der Waals surface area contributed by atoms with Crippen molar-refractivity contribution in [3.8, 4) is 0 Å². The maximum absolute atomic E-state index is 10.4. The molecule has 2 unspecified atom stereocenters. The van der Waals surface area contributed by atoms with Crippen LogP contribution in [0.25, 0.3) is 0 Å². The number of piperidine rings is 1. The summed E-state index contributed by atoms with van der Waals surface area (Å²) in [6.45, 7) is 2.95. The van der Waals surface area contributed by atoms with E-state index in [0.717, 1.165) is 38.9 Å². The fraction of sp³-hybridized carbons (Fsp3) is 0.571. The second-order valence-corrected chi connectivity index (χ2v) is 5.18. The maximum Gasteiger partial charge on any atom is 0.0801 e. The zero-order valence-electron chi connectivity index (χ0n) is 10.1. The molecule has 0 saturated carbocycles. The predicted molar refractivity (Wildman–Crippen MR) is 69.2 cm³/mol. The molecule has 92 valence electrons. The molecule has 0 aromatic heterocycles. The molecule has 2 aliphatic rings.